The SMILES string of the molecule is CCC(C)CCCCCCCCCCCCCCCCCCCCC(=O)O[C@H](COC(=O)CCCCCCCCCCCCCCCC(C)C)COP(=O)(O)OC[C@@H](O)COP(=O)(O)OC[C@@H](COC(=O)CCCCCCCCC(C)CC)OC(=O)CCCCCCCCC(C)CC. The summed E-state index contributed by atoms with van der Waals surface area (Å²) in [5.41, 5.74) is 0. The molecular weight excluding hydrogens is 1280 g/mol. The number of ether oxygens (including phenoxy) is 4. The van der Waals surface area contributed by atoms with Crippen LogP contribution in [0.2, 0.25) is 0 Å². The molecule has 0 aromatic rings. The van der Waals surface area contributed by atoms with E-state index in [1.807, 2.05) is 0 Å². The van der Waals surface area contributed by atoms with E-state index in [2.05, 4.69) is 55.4 Å². The zero-order chi connectivity index (χ0) is 72.4. The Labute approximate surface area is 600 Å². The molecule has 0 aliphatic heterocycles. The van der Waals surface area contributed by atoms with E-state index in [9.17, 15) is 43.2 Å². The van der Waals surface area contributed by atoms with Gasteiger partial charge in [-0.05, 0) is 49.4 Å². The lowest BCUT2D eigenvalue weighted by atomic mass is 9.99. The highest BCUT2D eigenvalue weighted by atomic mass is 31.2. The lowest BCUT2D eigenvalue weighted by Crippen LogP contribution is -2.30. The maximum absolute atomic E-state index is 13.1. The maximum Gasteiger partial charge on any atom is 0.472 e. The highest BCUT2D eigenvalue weighted by Gasteiger charge is 2.30. The van der Waals surface area contributed by atoms with Crippen molar-refractivity contribution in [2.24, 2.45) is 23.7 Å². The predicted octanol–water partition coefficient (Wildman–Crippen LogP) is 23.2. The van der Waals surface area contributed by atoms with Gasteiger partial charge < -0.3 is 33.8 Å². The lowest BCUT2D eigenvalue weighted by Gasteiger charge is -2.21. The molecule has 0 radical (unpaired) electrons. The van der Waals surface area contributed by atoms with Gasteiger partial charge in [0.05, 0.1) is 26.4 Å². The van der Waals surface area contributed by atoms with Crippen molar-refractivity contribution in [3.8, 4) is 0 Å². The first-order chi connectivity index (χ1) is 47.2. The average molecular weight is 1440 g/mol. The first-order valence-electron chi connectivity index (χ1n) is 40.8. The molecule has 0 amide bonds. The quantitative estimate of drug-likeness (QED) is 0.0222. The summed E-state index contributed by atoms with van der Waals surface area (Å²) < 4.78 is 68.6. The number of phosphoric ester groups is 2. The highest BCUT2D eigenvalue weighted by Crippen LogP contribution is 2.45. The van der Waals surface area contributed by atoms with Crippen molar-refractivity contribution in [2.75, 3.05) is 39.6 Å². The highest BCUT2D eigenvalue weighted by molar-refractivity contribution is 7.47. The van der Waals surface area contributed by atoms with Gasteiger partial charge >= 0.3 is 39.5 Å². The van der Waals surface area contributed by atoms with Crippen LogP contribution in [-0.4, -0.2) is 96.7 Å². The van der Waals surface area contributed by atoms with Gasteiger partial charge in [-0.2, -0.15) is 0 Å². The maximum atomic E-state index is 13.1. The summed E-state index contributed by atoms with van der Waals surface area (Å²) in [5, 5.41) is 10.6. The topological polar surface area (TPSA) is 237 Å². The molecule has 0 heterocycles. The lowest BCUT2D eigenvalue weighted by molar-refractivity contribution is -0.161. The Morgan fingerprint density at radius 3 is 0.724 bits per heavy atom. The number of unbranched alkanes of at least 4 members (excludes halogenated alkanes) is 39. The van der Waals surface area contributed by atoms with Gasteiger partial charge in [-0.3, -0.25) is 37.3 Å². The summed E-state index contributed by atoms with van der Waals surface area (Å²) in [6.07, 6.45) is 54.3. The molecule has 0 aliphatic carbocycles. The van der Waals surface area contributed by atoms with Crippen LogP contribution in [0.4, 0.5) is 0 Å². The predicted molar refractivity (Wildman–Crippen MR) is 400 cm³/mol. The summed E-state index contributed by atoms with van der Waals surface area (Å²) in [6, 6.07) is 0. The number of esters is 4. The molecule has 0 rings (SSSR count). The molecule has 5 unspecified atom stereocenters. The minimum Gasteiger partial charge on any atom is -0.462 e. The number of rotatable bonds is 76. The second-order valence-electron chi connectivity index (χ2n) is 29.7. The third kappa shape index (κ3) is 68.5. The van der Waals surface area contributed by atoms with Crippen LogP contribution in [0.3, 0.4) is 0 Å². The van der Waals surface area contributed by atoms with Crippen LogP contribution in [-0.2, 0) is 65.4 Å². The van der Waals surface area contributed by atoms with Crippen molar-refractivity contribution < 1.29 is 80.2 Å². The number of aliphatic hydroxyl groups is 1. The van der Waals surface area contributed by atoms with Gasteiger partial charge in [0.15, 0.2) is 12.2 Å². The van der Waals surface area contributed by atoms with Gasteiger partial charge in [0.2, 0.25) is 0 Å². The van der Waals surface area contributed by atoms with Crippen molar-refractivity contribution >= 4 is 39.5 Å². The Morgan fingerprint density at radius 2 is 0.490 bits per heavy atom. The Morgan fingerprint density at radius 1 is 0.286 bits per heavy atom. The number of aliphatic hydroxyl groups excluding tert-OH is 1. The van der Waals surface area contributed by atoms with E-state index in [1.165, 1.54) is 199 Å². The zero-order valence-corrected chi connectivity index (χ0v) is 66.2. The molecule has 0 aromatic carbocycles. The molecule has 19 heteroatoms. The summed E-state index contributed by atoms with van der Waals surface area (Å²) in [5.74, 6) is 0.991. The number of hydrogen-bond donors (Lipinski definition) is 3. The monoisotopic (exact) mass is 1440 g/mol. The van der Waals surface area contributed by atoms with Gasteiger partial charge in [0, 0.05) is 25.7 Å². The Hall–Kier alpha value is -1.94. The molecule has 582 valence electrons. The Balaban J connectivity index is 5.20. The standard InChI is InChI=1S/C79H154O17P2/c1-9-70(6)56-48-40-32-28-24-20-16-14-12-13-15-17-21-26-30-34-45-53-61-78(83)95-74(65-89-76(81)59-51-43-33-29-25-22-18-19-23-27-31-39-47-55-69(4)5)67-93-97(85,86)91-63-73(80)64-92-98(87,88)94-68-75(96-79(84)62-54-46-38-36-42-50-58-72(8)11-3)66-90-77(82)60-52-44-37-35-41-49-57-71(7)10-2/h69-75,80H,9-68H2,1-8H3,(H,85,86)(H,87,88)/t70?,71?,72?,73-,74-,75-/m1/s1. The van der Waals surface area contributed by atoms with E-state index >= 15 is 0 Å². The molecule has 3 N–H and O–H groups in total. The van der Waals surface area contributed by atoms with Crippen molar-refractivity contribution in [1.82, 2.24) is 0 Å². The van der Waals surface area contributed by atoms with Crippen molar-refractivity contribution in [1.29, 1.82) is 0 Å². The fourth-order valence-electron chi connectivity index (χ4n) is 12.0. The molecule has 0 spiro atoms. The number of carbonyl (C=O) groups is 4. The van der Waals surface area contributed by atoms with Gasteiger partial charge in [-0.25, -0.2) is 9.13 Å². The van der Waals surface area contributed by atoms with Crippen LogP contribution in [0.5, 0.6) is 0 Å². The van der Waals surface area contributed by atoms with Crippen LogP contribution in [0.25, 0.3) is 0 Å². The van der Waals surface area contributed by atoms with Gasteiger partial charge in [0.25, 0.3) is 0 Å². The smallest absolute Gasteiger partial charge is 0.462 e. The fourth-order valence-corrected chi connectivity index (χ4v) is 13.6. The summed E-state index contributed by atoms with van der Waals surface area (Å²) in [7, 11) is -9.92. The van der Waals surface area contributed by atoms with E-state index in [-0.39, 0.29) is 25.7 Å². The molecule has 98 heavy (non-hydrogen) atoms. The summed E-state index contributed by atoms with van der Waals surface area (Å²) in [6.45, 7) is 14.2. The molecule has 8 atom stereocenters. The Kier molecular flexibility index (Phi) is 66.8. The first-order valence-corrected chi connectivity index (χ1v) is 43.8. The third-order valence-corrected chi connectivity index (χ3v) is 21.3. The number of phosphoric acid groups is 2. The molecule has 0 saturated heterocycles. The van der Waals surface area contributed by atoms with E-state index in [0.29, 0.717) is 25.7 Å². The largest absolute Gasteiger partial charge is 0.472 e. The van der Waals surface area contributed by atoms with Crippen LogP contribution < -0.4 is 0 Å². The molecular formula is C79H154O17P2. The third-order valence-electron chi connectivity index (χ3n) is 19.4. The van der Waals surface area contributed by atoms with Gasteiger partial charge in [-0.15, -0.1) is 0 Å². The molecule has 0 aromatic heterocycles. The molecule has 0 fully saturated rings. The zero-order valence-electron chi connectivity index (χ0n) is 64.4. The van der Waals surface area contributed by atoms with Crippen LogP contribution >= 0.6 is 15.6 Å². The van der Waals surface area contributed by atoms with Crippen LogP contribution in [0.15, 0.2) is 0 Å². The average Bonchev–Trinajstić information content (AvgIpc) is 0.928. The Bertz CT molecular complexity index is 1930. The summed E-state index contributed by atoms with van der Waals surface area (Å²) in [4.78, 5) is 72.9. The molecule has 0 saturated carbocycles. The van der Waals surface area contributed by atoms with Gasteiger partial charge in [0.1, 0.15) is 19.3 Å². The fraction of sp³-hybridized carbons (Fsp3) is 0.949. The summed E-state index contributed by atoms with van der Waals surface area (Å²) >= 11 is 0. The van der Waals surface area contributed by atoms with E-state index in [0.717, 1.165) is 120 Å². The first kappa shape index (κ1) is 96.1. The second-order valence-corrected chi connectivity index (χ2v) is 32.6. The van der Waals surface area contributed by atoms with Gasteiger partial charge in [-0.1, -0.05) is 351 Å². The van der Waals surface area contributed by atoms with Crippen molar-refractivity contribution in [3.63, 3.8) is 0 Å². The number of carbonyl (C=O) groups excluding carboxylic acids is 4. The van der Waals surface area contributed by atoms with Crippen molar-refractivity contribution in [3.05, 3.63) is 0 Å². The minimum atomic E-state index is -4.96. The van der Waals surface area contributed by atoms with E-state index in [4.69, 9.17) is 37.0 Å². The van der Waals surface area contributed by atoms with E-state index in [1.54, 1.807) is 0 Å². The van der Waals surface area contributed by atoms with Crippen LogP contribution in [0, 0.1) is 23.7 Å². The molecule has 0 aliphatic rings. The number of hydrogen-bond acceptors (Lipinski definition) is 15. The molecule has 17 nitrogen and oxygen atoms in total. The normalized spacial score (nSPS) is 14.9. The van der Waals surface area contributed by atoms with Crippen molar-refractivity contribution in [2.45, 2.75) is 420 Å². The van der Waals surface area contributed by atoms with E-state index < -0.39 is 97.5 Å². The second kappa shape index (κ2) is 68.2. The van der Waals surface area contributed by atoms with Crippen LogP contribution in [0.1, 0.15) is 402 Å². The molecule has 0 bridgehead atoms. The minimum absolute atomic E-state index is 0.102.